The molecule has 0 amide bonds. The number of carbonyl (C=O) groups excluding carboxylic acids is 1. The molecule has 166 valence electrons. The van der Waals surface area contributed by atoms with Crippen molar-refractivity contribution in [2.24, 2.45) is 5.92 Å². The van der Waals surface area contributed by atoms with Crippen molar-refractivity contribution in [3.63, 3.8) is 0 Å². The molecule has 2 rings (SSSR count). The zero-order valence-corrected chi connectivity index (χ0v) is 17.2. The molecule has 1 aromatic carbocycles. The van der Waals surface area contributed by atoms with Crippen LogP contribution >= 0.6 is 11.6 Å². The van der Waals surface area contributed by atoms with Crippen molar-refractivity contribution in [2.45, 2.75) is 46.5 Å². The Balaban J connectivity index is 2.56. The summed E-state index contributed by atoms with van der Waals surface area (Å²) in [5.74, 6) is -2.84. The summed E-state index contributed by atoms with van der Waals surface area (Å²) >= 11 is 6.29. The first kappa shape index (κ1) is 23.9. The summed E-state index contributed by atoms with van der Waals surface area (Å²) in [6.07, 6.45) is -4.85. The third-order valence-electron chi connectivity index (χ3n) is 4.28. The van der Waals surface area contributed by atoms with Crippen LogP contribution in [0.25, 0.3) is 11.3 Å². The number of aromatic nitrogens is 2. The average Bonchev–Trinajstić information content (AvgIpc) is 2.97. The molecule has 0 aliphatic rings. The van der Waals surface area contributed by atoms with Gasteiger partial charge in [0.15, 0.2) is 5.69 Å². The van der Waals surface area contributed by atoms with Crippen LogP contribution in [0.15, 0.2) is 18.2 Å². The second-order valence-electron chi connectivity index (χ2n) is 6.40. The molecule has 0 bridgehead atoms. The van der Waals surface area contributed by atoms with Gasteiger partial charge in [-0.3, -0.25) is 4.68 Å². The van der Waals surface area contributed by atoms with Gasteiger partial charge in [0.25, 0.3) is 0 Å². The molecule has 0 saturated carbocycles. The van der Waals surface area contributed by atoms with Crippen LogP contribution in [0.5, 0.6) is 5.75 Å². The number of ether oxygens (including phenoxy) is 2. The van der Waals surface area contributed by atoms with Gasteiger partial charge in [0, 0.05) is 12.1 Å². The number of nitrogens with zero attached hydrogens (tertiary/aromatic N) is 2. The second-order valence-corrected chi connectivity index (χ2v) is 6.78. The molecule has 0 spiro atoms. The van der Waals surface area contributed by atoms with E-state index in [4.69, 9.17) is 16.3 Å². The van der Waals surface area contributed by atoms with Crippen molar-refractivity contribution < 1.29 is 36.2 Å². The Morgan fingerprint density at radius 3 is 2.47 bits per heavy atom. The fraction of sp³-hybridized carbons (Fsp3) is 0.474. The number of aryl methyl sites for hydroxylation is 1. The van der Waals surface area contributed by atoms with Crippen LogP contribution in [0, 0.1) is 5.92 Å². The predicted octanol–water partition coefficient (Wildman–Crippen LogP) is 5.74. The van der Waals surface area contributed by atoms with Crippen LogP contribution in [0.1, 0.15) is 36.8 Å². The van der Waals surface area contributed by atoms with E-state index in [0.29, 0.717) is 0 Å². The van der Waals surface area contributed by atoms with Gasteiger partial charge in [-0.25, -0.2) is 4.79 Å². The van der Waals surface area contributed by atoms with Crippen molar-refractivity contribution >= 4 is 17.6 Å². The molecule has 0 fully saturated rings. The first-order chi connectivity index (χ1) is 14.0. The lowest BCUT2D eigenvalue weighted by atomic mass is 9.98. The molecule has 0 saturated heterocycles. The Bertz CT molecular complexity index is 899. The van der Waals surface area contributed by atoms with Crippen LogP contribution in [-0.4, -0.2) is 35.1 Å². The lowest BCUT2D eigenvalue weighted by Gasteiger charge is -2.18. The van der Waals surface area contributed by atoms with Crippen molar-refractivity contribution in [2.75, 3.05) is 6.61 Å². The summed E-state index contributed by atoms with van der Waals surface area (Å²) in [5.41, 5.74) is 0.138. The zero-order chi connectivity index (χ0) is 22.6. The molecule has 2 aromatic rings. The van der Waals surface area contributed by atoms with Crippen LogP contribution < -0.4 is 4.74 Å². The van der Waals surface area contributed by atoms with E-state index >= 15 is 0 Å². The molecule has 1 unspecified atom stereocenters. The summed E-state index contributed by atoms with van der Waals surface area (Å²) in [4.78, 5) is 12.1. The number of alkyl halides is 5. The van der Waals surface area contributed by atoms with Gasteiger partial charge in [0.1, 0.15) is 10.8 Å². The Morgan fingerprint density at radius 1 is 1.27 bits per heavy atom. The fourth-order valence-corrected chi connectivity index (χ4v) is 3.12. The van der Waals surface area contributed by atoms with E-state index in [1.54, 1.807) is 13.8 Å². The van der Waals surface area contributed by atoms with Crippen molar-refractivity contribution in [3.8, 4) is 17.0 Å². The number of rotatable bonds is 8. The summed E-state index contributed by atoms with van der Waals surface area (Å²) in [6.45, 7) is 1.37. The van der Waals surface area contributed by atoms with Gasteiger partial charge < -0.3 is 9.47 Å². The SMILES string of the molecule is CCOC(=O)c1nn(CC)c(-c2ccc(CC(C)C(F)(F)F)cc2OC(F)F)c1Cl. The van der Waals surface area contributed by atoms with E-state index in [2.05, 4.69) is 9.84 Å². The standard InChI is InChI=1S/C19H20ClF5N2O3/c1-4-27-16(14(20)15(26-27)17(28)29-5-2)12-7-6-11(8-10(3)19(23,24)25)9-13(12)30-18(21)22/h6-7,9-10,18H,4-5,8H2,1-3H3. The van der Waals surface area contributed by atoms with Crippen molar-refractivity contribution in [1.29, 1.82) is 0 Å². The van der Waals surface area contributed by atoms with E-state index in [0.717, 1.165) is 13.0 Å². The highest BCUT2D eigenvalue weighted by Gasteiger charge is 2.36. The maximum absolute atomic E-state index is 13.0. The molecule has 0 N–H and O–H groups in total. The van der Waals surface area contributed by atoms with Crippen LogP contribution in [0.2, 0.25) is 5.02 Å². The first-order valence-corrected chi connectivity index (χ1v) is 9.45. The minimum Gasteiger partial charge on any atom is -0.461 e. The Hall–Kier alpha value is -2.36. The van der Waals surface area contributed by atoms with Crippen molar-refractivity contribution in [3.05, 3.63) is 34.5 Å². The maximum atomic E-state index is 13.0. The van der Waals surface area contributed by atoms with Gasteiger partial charge in [-0.1, -0.05) is 24.6 Å². The number of hydrogen-bond acceptors (Lipinski definition) is 4. The normalized spacial score (nSPS) is 12.9. The van der Waals surface area contributed by atoms with E-state index < -0.39 is 31.1 Å². The van der Waals surface area contributed by atoms with E-state index in [1.807, 2.05) is 0 Å². The number of halogens is 6. The van der Waals surface area contributed by atoms with Gasteiger partial charge in [0.2, 0.25) is 0 Å². The van der Waals surface area contributed by atoms with Crippen LogP contribution in [-0.2, 0) is 17.7 Å². The minimum atomic E-state index is -4.43. The highest BCUT2D eigenvalue weighted by atomic mass is 35.5. The molecule has 30 heavy (non-hydrogen) atoms. The quantitative estimate of drug-likeness (QED) is 0.377. The molecule has 0 radical (unpaired) electrons. The largest absolute Gasteiger partial charge is 0.461 e. The molecule has 1 aromatic heterocycles. The second kappa shape index (κ2) is 9.63. The molecule has 0 aliphatic heterocycles. The number of carbonyl (C=O) groups is 1. The first-order valence-electron chi connectivity index (χ1n) is 9.07. The molecular weight excluding hydrogens is 435 g/mol. The predicted molar refractivity (Wildman–Crippen MR) is 99.9 cm³/mol. The van der Waals surface area contributed by atoms with Gasteiger partial charge in [-0.2, -0.15) is 27.1 Å². The molecule has 11 heteroatoms. The molecular formula is C19H20ClF5N2O3. The Kier molecular flexibility index (Phi) is 7.68. The molecule has 5 nitrogen and oxygen atoms in total. The van der Waals surface area contributed by atoms with Crippen LogP contribution in [0.3, 0.4) is 0 Å². The number of esters is 1. The Labute approximate surface area is 174 Å². The fourth-order valence-electron chi connectivity index (χ4n) is 2.81. The van der Waals surface area contributed by atoms with E-state index in [-0.39, 0.29) is 46.4 Å². The van der Waals surface area contributed by atoms with Crippen molar-refractivity contribution in [1.82, 2.24) is 9.78 Å². The average molecular weight is 455 g/mol. The monoisotopic (exact) mass is 454 g/mol. The molecule has 1 atom stereocenters. The number of hydrogen-bond donors (Lipinski definition) is 0. The van der Waals surface area contributed by atoms with E-state index in [9.17, 15) is 26.7 Å². The zero-order valence-electron chi connectivity index (χ0n) is 16.4. The van der Waals surface area contributed by atoms with Gasteiger partial charge >= 0.3 is 18.8 Å². The van der Waals surface area contributed by atoms with Gasteiger partial charge in [0.05, 0.1) is 18.2 Å². The topological polar surface area (TPSA) is 53.3 Å². The lowest BCUT2D eigenvalue weighted by Crippen LogP contribution is -2.21. The summed E-state index contributed by atoms with van der Waals surface area (Å²) < 4.78 is 75.3. The highest BCUT2D eigenvalue weighted by Crippen LogP contribution is 2.39. The van der Waals surface area contributed by atoms with Gasteiger partial charge in [-0.05, 0) is 38.0 Å². The third-order valence-corrected chi connectivity index (χ3v) is 4.64. The minimum absolute atomic E-state index is 0.0635. The summed E-state index contributed by atoms with van der Waals surface area (Å²) in [5, 5.41) is 3.93. The lowest BCUT2D eigenvalue weighted by molar-refractivity contribution is -0.169. The van der Waals surface area contributed by atoms with Crippen LogP contribution in [0.4, 0.5) is 22.0 Å². The highest BCUT2D eigenvalue weighted by molar-refractivity contribution is 6.36. The van der Waals surface area contributed by atoms with Gasteiger partial charge in [-0.15, -0.1) is 0 Å². The molecule has 0 aliphatic carbocycles. The Morgan fingerprint density at radius 2 is 1.93 bits per heavy atom. The van der Waals surface area contributed by atoms with E-state index in [1.165, 1.54) is 16.8 Å². The summed E-state index contributed by atoms with van der Waals surface area (Å²) in [6, 6.07) is 3.79. The molecule has 1 heterocycles. The third kappa shape index (κ3) is 5.41. The summed E-state index contributed by atoms with van der Waals surface area (Å²) in [7, 11) is 0. The smallest absolute Gasteiger partial charge is 0.391 e. The maximum Gasteiger partial charge on any atom is 0.391 e. The number of benzene rings is 1.